The van der Waals surface area contributed by atoms with Crippen LogP contribution in [0.2, 0.25) is 0 Å². The molecule has 0 amide bonds. The molecule has 0 bridgehead atoms. The van der Waals surface area contributed by atoms with E-state index < -0.39 is 0 Å². The van der Waals surface area contributed by atoms with E-state index in [9.17, 15) is 4.79 Å². The smallest absolute Gasteiger partial charge is 0.179 e. The Morgan fingerprint density at radius 1 is 1.19 bits per heavy atom. The molecule has 3 nitrogen and oxygen atoms in total. The van der Waals surface area contributed by atoms with Gasteiger partial charge in [0.05, 0.1) is 0 Å². The lowest BCUT2D eigenvalue weighted by Gasteiger charge is -2.20. The van der Waals surface area contributed by atoms with Crippen LogP contribution < -0.4 is 0 Å². The third kappa shape index (κ3) is 5.20. The molecule has 0 saturated heterocycles. The summed E-state index contributed by atoms with van der Waals surface area (Å²) in [4.78, 5) is 18.9. The molecular weight excluding hydrogens is 200 g/mol. The fourth-order valence-electron chi connectivity index (χ4n) is 1.22. The highest BCUT2D eigenvalue weighted by molar-refractivity contribution is 6.16. The van der Waals surface area contributed by atoms with Crippen LogP contribution in [0.4, 0.5) is 0 Å². The summed E-state index contributed by atoms with van der Waals surface area (Å²) in [5.41, 5.74) is 0. The van der Waals surface area contributed by atoms with Gasteiger partial charge in [0.15, 0.2) is 5.78 Å². The first-order valence-corrected chi connectivity index (χ1v) is 5.37. The van der Waals surface area contributed by atoms with Gasteiger partial charge in [0.2, 0.25) is 0 Å². The number of rotatable bonds is 6. The minimum atomic E-state index is -0.0234. The van der Waals surface area contributed by atoms with Gasteiger partial charge in [0.1, 0.15) is 0 Å². The average Bonchev–Trinajstić information content (AvgIpc) is 2.21. The molecule has 0 aromatic heterocycles. The van der Waals surface area contributed by atoms with E-state index in [1.54, 1.807) is 6.08 Å². The molecule has 0 unspecified atom stereocenters. The molecule has 1 aliphatic carbocycles. The van der Waals surface area contributed by atoms with Crippen LogP contribution in [-0.2, 0) is 4.79 Å². The van der Waals surface area contributed by atoms with Crippen molar-refractivity contribution in [1.29, 1.82) is 0 Å². The maximum Gasteiger partial charge on any atom is 0.179 e. The molecule has 0 aromatic carbocycles. The van der Waals surface area contributed by atoms with Crippen molar-refractivity contribution in [3.63, 3.8) is 0 Å². The van der Waals surface area contributed by atoms with Crippen LogP contribution in [0.15, 0.2) is 47.2 Å². The van der Waals surface area contributed by atoms with Gasteiger partial charge in [-0.25, -0.2) is 0 Å². The van der Waals surface area contributed by atoms with Crippen LogP contribution >= 0.6 is 0 Å². The predicted octanol–water partition coefficient (Wildman–Crippen LogP) is 2.71. The lowest BCUT2D eigenvalue weighted by molar-refractivity contribution is -0.110. The van der Waals surface area contributed by atoms with Crippen LogP contribution in [0, 0.1) is 5.92 Å². The van der Waals surface area contributed by atoms with E-state index in [1.807, 2.05) is 6.08 Å². The summed E-state index contributed by atoms with van der Waals surface area (Å²) in [6.45, 7) is 3.42. The number of hydrogen-bond donors (Lipinski definition) is 0. The van der Waals surface area contributed by atoms with E-state index >= 15 is 0 Å². The Labute approximate surface area is 96.0 Å². The number of carbonyl (C=O) groups excluding carboxylic acids is 1. The number of ketones is 1. The molecule has 1 saturated carbocycles. The van der Waals surface area contributed by atoms with Gasteiger partial charge in [-0.1, -0.05) is 19.1 Å². The summed E-state index contributed by atoms with van der Waals surface area (Å²) in [5, 5.41) is 0. The second-order valence-electron chi connectivity index (χ2n) is 3.55. The van der Waals surface area contributed by atoms with Crippen LogP contribution in [0.5, 0.6) is 0 Å². The van der Waals surface area contributed by atoms with Crippen molar-refractivity contribution in [2.75, 3.05) is 0 Å². The molecule has 0 atom stereocenters. The topological polar surface area (TPSA) is 41.8 Å². The molecular formula is C13H16N2O. The first-order chi connectivity index (χ1) is 7.83. The van der Waals surface area contributed by atoms with Crippen molar-refractivity contribution in [2.24, 2.45) is 15.9 Å². The number of allylic oxidation sites excluding steroid dienone is 3. The van der Waals surface area contributed by atoms with Gasteiger partial charge in [0, 0.05) is 30.9 Å². The van der Waals surface area contributed by atoms with Crippen molar-refractivity contribution < 1.29 is 4.79 Å². The van der Waals surface area contributed by atoms with Crippen LogP contribution in [0.1, 0.15) is 19.3 Å². The van der Waals surface area contributed by atoms with Crippen molar-refractivity contribution in [3.8, 4) is 0 Å². The number of aliphatic imine (C=N–C) groups is 2. The zero-order valence-corrected chi connectivity index (χ0v) is 9.25. The molecule has 0 spiro atoms. The molecule has 0 heterocycles. The van der Waals surface area contributed by atoms with Crippen molar-refractivity contribution in [3.05, 3.63) is 37.2 Å². The largest absolute Gasteiger partial charge is 0.290 e. The minimum absolute atomic E-state index is 0.0234. The predicted molar refractivity (Wildman–Crippen MR) is 67.8 cm³/mol. The van der Waals surface area contributed by atoms with Gasteiger partial charge in [-0.2, -0.15) is 0 Å². The molecule has 1 rings (SSSR count). The normalized spacial score (nSPS) is 17.8. The van der Waals surface area contributed by atoms with Crippen LogP contribution in [0.3, 0.4) is 0 Å². The first kappa shape index (κ1) is 12.3. The van der Waals surface area contributed by atoms with E-state index in [0.29, 0.717) is 5.92 Å². The summed E-state index contributed by atoms with van der Waals surface area (Å²) in [6, 6.07) is 0. The van der Waals surface area contributed by atoms with E-state index in [0.717, 1.165) is 0 Å². The van der Waals surface area contributed by atoms with E-state index in [2.05, 4.69) is 16.6 Å². The Kier molecular flexibility index (Phi) is 5.78. The fourth-order valence-corrected chi connectivity index (χ4v) is 1.22. The fraction of sp³-hybridized carbons (Fsp3) is 0.308. The Morgan fingerprint density at radius 2 is 1.94 bits per heavy atom. The quantitative estimate of drug-likeness (QED) is 0.497. The number of carbonyl (C=O) groups is 1. The zero-order chi connectivity index (χ0) is 11.6. The van der Waals surface area contributed by atoms with Crippen molar-refractivity contribution in [2.45, 2.75) is 19.3 Å². The molecule has 1 fully saturated rings. The molecule has 1 aliphatic rings. The Morgan fingerprint density at radius 3 is 2.56 bits per heavy atom. The van der Waals surface area contributed by atoms with Crippen LogP contribution in [0.25, 0.3) is 0 Å². The molecule has 0 radical (unpaired) electrons. The molecule has 84 valence electrons. The number of nitrogens with zero attached hydrogens (tertiary/aromatic N) is 2. The third-order valence-electron chi connectivity index (χ3n) is 2.35. The van der Waals surface area contributed by atoms with Gasteiger partial charge in [-0.3, -0.25) is 14.8 Å². The second-order valence-corrected chi connectivity index (χ2v) is 3.55. The summed E-state index contributed by atoms with van der Waals surface area (Å²) >= 11 is 0. The Hall–Kier alpha value is -1.77. The molecule has 3 heteroatoms. The maximum absolute atomic E-state index is 11.3. The molecule has 0 aliphatic heterocycles. The first-order valence-electron chi connectivity index (χ1n) is 5.37. The highest BCUT2D eigenvalue weighted by atomic mass is 16.1. The maximum atomic E-state index is 11.3. The highest BCUT2D eigenvalue weighted by Gasteiger charge is 2.13. The van der Waals surface area contributed by atoms with Gasteiger partial charge in [0.25, 0.3) is 0 Å². The monoisotopic (exact) mass is 216 g/mol. The lowest BCUT2D eigenvalue weighted by atomic mass is 9.85. The summed E-state index contributed by atoms with van der Waals surface area (Å²) in [5.74, 6) is 0.588. The number of hydrogen-bond acceptors (Lipinski definition) is 3. The summed E-state index contributed by atoms with van der Waals surface area (Å²) in [6.07, 6.45) is 14.6. The van der Waals surface area contributed by atoms with E-state index in [-0.39, 0.29) is 5.78 Å². The van der Waals surface area contributed by atoms with Gasteiger partial charge in [-0.05, 0) is 24.8 Å². The van der Waals surface area contributed by atoms with E-state index in [1.165, 1.54) is 50.2 Å². The minimum Gasteiger partial charge on any atom is -0.290 e. The van der Waals surface area contributed by atoms with Crippen molar-refractivity contribution >= 4 is 18.2 Å². The zero-order valence-electron chi connectivity index (χ0n) is 9.25. The molecule has 16 heavy (non-hydrogen) atoms. The van der Waals surface area contributed by atoms with Gasteiger partial charge in [-0.15, -0.1) is 0 Å². The van der Waals surface area contributed by atoms with Crippen molar-refractivity contribution in [1.82, 2.24) is 0 Å². The molecule has 0 N–H and O–H groups in total. The standard InChI is InChI=1S/C13H16N2O/c1-2-14-10-11-15-9-8-13(16)7-6-12-4-3-5-12/h2,6-12H,1,3-5H2/b7-6+,9-8+,14-10?,15-11?. The average molecular weight is 216 g/mol. The van der Waals surface area contributed by atoms with E-state index in [4.69, 9.17) is 0 Å². The summed E-state index contributed by atoms with van der Waals surface area (Å²) in [7, 11) is 0. The Balaban J connectivity index is 2.24. The third-order valence-corrected chi connectivity index (χ3v) is 2.35. The SMILES string of the molecule is C=CN=CC=N/C=C/C(=O)/C=C/C1CCC1. The summed E-state index contributed by atoms with van der Waals surface area (Å²) < 4.78 is 0. The highest BCUT2D eigenvalue weighted by Crippen LogP contribution is 2.27. The lowest BCUT2D eigenvalue weighted by Crippen LogP contribution is -2.07. The second kappa shape index (κ2) is 7.51. The van der Waals surface area contributed by atoms with Crippen LogP contribution in [-0.4, -0.2) is 18.2 Å². The Bertz CT molecular complexity index is 347. The van der Waals surface area contributed by atoms with Gasteiger partial charge < -0.3 is 0 Å². The van der Waals surface area contributed by atoms with Gasteiger partial charge >= 0.3 is 0 Å². The molecule has 0 aromatic rings.